The quantitative estimate of drug-likeness (QED) is 0.814. The van der Waals surface area contributed by atoms with Gasteiger partial charge in [-0.15, -0.1) is 0 Å². The Morgan fingerprint density at radius 3 is 2.48 bits per heavy atom. The first kappa shape index (κ1) is 17.2. The molecule has 2 aromatic rings. The highest BCUT2D eigenvalue weighted by Crippen LogP contribution is 2.26. The van der Waals surface area contributed by atoms with Crippen LogP contribution in [0.4, 0.5) is 11.5 Å². The van der Waals surface area contributed by atoms with E-state index in [9.17, 15) is 13.2 Å². The fourth-order valence-electron chi connectivity index (χ4n) is 2.69. The van der Waals surface area contributed by atoms with Gasteiger partial charge in [0, 0.05) is 31.8 Å². The highest BCUT2D eigenvalue weighted by Gasteiger charge is 2.25. The summed E-state index contributed by atoms with van der Waals surface area (Å²) >= 11 is 0. The van der Waals surface area contributed by atoms with Crippen molar-refractivity contribution < 1.29 is 17.9 Å². The van der Waals surface area contributed by atoms with Crippen molar-refractivity contribution >= 4 is 27.4 Å². The van der Waals surface area contributed by atoms with Crippen molar-refractivity contribution in [1.29, 1.82) is 0 Å². The third-order valence-corrected chi connectivity index (χ3v) is 5.90. The minimum atomic E-state index is -3.76. The molecule has 0 saturated carbocycles. The zero-order valence-electron chi connectivity index (χ0n) is 14.0. The molecule has 25 heavy (non-hydrogen) atoms. The van der Waals surface area contributed by atoms with Crippen molar-refractivity contribution in [2.75, 3.05) is 29.9 Å². The number of methoxy groups -OCH3 is 1. The number of nitrogens with zero attached hydrogens (tertiary/aromatic N) is 3. The summed E-state index contributed by atoms with van der Waals surface area (Å²) in [5, 5.41) is 0. The summed E-state index contributed by atoms with van der Waals surface area (Å²) < 4.78 is 31.7. The molecule has 8 heteroatoms. The van der Waals surface area contributed by atoms with Gasteiger partial charge in [-0.2, -0.15) is 4.98 Å². The van der Waals surface area contributed by atoms with Crippen LogP contribution in [-0.4, -0.2) is 40.0 Å². The molecule has 1 saturated heterocycles. The summed E-state index contributed by atoms with van der Waals surface area (Å²) in [7, 11) is -0.848. The Hall–Kier alpha value is -2.61. The van der Waals surface area contributed by atoms with E-state index < -0.39 is 10.0 Å². The average Bonchev–Trinajstić information content (AvgIpc) is 3.07. The van der Waals surface area contributed by atoms with Crippen LogP contribution in [0.2, 0.25) is 0 Å². The summed E-state index contributed by atoms with van der Waals surface area (Å²) in [4.78, 5) is 17.7. The molecular formula is C17H19N3O4S. The Bertz CT molecular complexity index is 881. The number of ether oxygens (including phenoxy) is 1. The van der Waals surface area contributed by atoms with E-state index in [-0.39, 0.29) is 16.6 Å². The van der Waals surface area contributed by atoms with Crippen molar-refractivity contribution in [3.63, 3.8) is 0 Å². The van der Waals surface area contributed by atoms with Gasteiger partial charge in [-0.25, -0.2) is 8.42 Å². The summed E-state index contributed by atoms with van der Waals surface area (Å²) in [5.74, 6) is 0.661. The monoisotopic (exact) mass is 361 g/mol. The number of sulfonamides is 1. The highest BCUT2D eigenvalue weighted by atomic mass is 32.2. The Kier molecular flexibility index (Phi) is 4.63. The summed E-state index contributed by atoms with van der Waals surface area (Å²) in [5.41, 5.74) is 0.712. The maximum absolute atomic E-state index is 12.8. The number of carbonyl (C=O) groups is 1. The lowest BCUT2D eigenvalue weighted by atomic mass is 10.3. The SMILES string of the molecule is COc1cccc(N(C)S(=O)(=O)c2ccc(N3CCCC3=O)cc2)n1. The van der Waals surface area contributed by atoms with Crippen LogP contribution in [0.15, 0.2) is 47.4 Å². The van der Waals surface area contributed by atoms with Gasteiger partial charge in [0.15, 0.2) is 0 Å². The summed E-state index contributed by atoms with van der Waals surface area (Å²) in [6.45, 7) is 0.665. The van der Waals surface area contributed by atoms with Crippen molar-refractivity contribution in [1.82, 2.24) is 4.98 Å². The predicted octanol–water partition coefficient (Wildman–Crippen LogP) is 2.04. The predicted molar refractivity (Wildman–Crippen MR) is 94.4 cm³/mol. The minimum Gasteiger partial charge on any atom is -0.481 e. The normalized spacial score (nSPS) is 14.6. The van der Waals surface area contributed by atoms with Crippen molar-refractivity contribution in [2.24, 2.45) is 0 Å². The molecule has 0 atom stereocenters. The van der Waals surface area contributed by atoms with Crippen molar-refractivity contribution in [3.05, 3.63) is 42.5 Å². The first-order valence-electron chi connectivity index (χ1n) is 7.84. The molecule has 1 aliphatic heterocycles. The molecule has 1 amide bonds. The van der Waals surface area contributed by atoms with E-state index in [2.05, 4.69) is 4.98 Å². The van der Waals surface area contributed by atoms with Crippen LogP contribution < -0.4 is 13.9 Å². The zero-order chi connectivity index (χ0) is 18.0. The number of amides is 1. The summed E-state index contributed by atoms with van der Waals surface area (Å²) in [6.07, 6.45) is 1.35. The number of pyridine rings is 1. The van der Waals surface area contributed by atoms with Gasteiger partial charge in [-0.3, -0.25) is 9.10 Å². The van der Waals surface area contributed by atoms with Gasteiger partial charge in [-0.05, 0) is 36.8 Å². The molecule has 0 bridgehead atoms. The van der Waals surface area contributed by atoms with Crippen LogP contribution in [0, 0.1) is 0 Å². The first-order valence-corrected chi connectivity index (χ1v) is 9.28. The molecule has 0 unspecified atom stereocenters. The molecule has 0 spiro atoms. The van der Waals surface area contributed by atoms with Crippen molar-refractivity contribution in [2.45, 2.75) is 17.7 Å². The van der Waals surface area contributed by atoms with E-state index in [1.54, 1.807) is 35.2 Å². The number of hydrogen-bond acceptors (Lipinski definition) is 5. The molecule has 1 aliphatic rings. The number of aromatic nitrogens is 1. The molecule has 1 aromatic carbocycles. The van der Waals surface area contributed by atoms with E-state index in [1.165, 1.54) is 26.3 Å². The summed E-state index contributed by atoms with van der Waals surface area (Å²) in [6, 6.07) is 11.2. The standard InChI is InChI=1S/C17H19N3O4S/c1-19(15-5-3-6-16(18-15)24-2)25(22,23)14-10-8-13(9-11-14)20-12-4-7-17(20)21/h3,5-6,8-11H,4,7,12H2,1-2H3. The van der Waals surface area contributed by atoms with E-state index in [4.69, 9.17) is 4.74 Å². The number of hydrogen-bond donors (Lipinski definition) is 0. The number of rotatable bonds is 5. The molecule has 0 N–H and O–H groups in total. The van der Waals surface area contributed by atoms with Gasteiger partial charge in [0.25, 0.3) is 10.0 Å². The van der Waals surface area contributed by atoms with Crippen LogP contribution in [0.25, 0.3) is 0 Å². The third-order valence-electron chi connectivity index (χ3n) is 4.12. The largest absolute Gasteiger partial charge is 0.481 e. The highest BCUT2D eigenvalue weighted by molar-refractivity contribution is 7.92. The Balaban J connectivity index is 1.87. The van der Waals surface area contributed by atoms with Gasteiger partial charge >= 0.3 is 0 Å². The molecule has 7 nitrogen and oxygen atoms in total. The fourth-order valence-corrected chi connectivity index (χ4v) is 3.84. The minimum absolute atomic E-state index is 0.0632. The van der Waals surface area contributed by atoms with Gasteiger partial charge < -0.3 is 9.64 Å². The van der Waals surface area contributed by atoms with Crippen LogP contribution in [0.5, 0.6) is 5.88 Å². The second-order valence-electron chi connectivity index (χ2n) is 5.65. The molecule has 3 rings (SSSR count). The van der Waals surface area contributed by atoms with Gasteiger partial charge in [0.1, 0.15) is 5.82 Å². The van der Waals surface area contributed by atoms with Gasteiger partial charge in [0.2, 0.25) is 11.8 Å². The maximum atomic E-state index is 12.8. The Labute approximate surface area is 146 Å². The number of anilines is 2. The van der Waals surface area contributed by atoms with Gasteiger partial charge in [-0.1, -0.05) is 6.07 Å². The second-order valence-corrected chi connectivity index (χ2v) is 7.62. The maximum Gasteiger partial charge on any atom is 0.265 e. The lowest BCUT2D eigenvalue weighted by Crippen LogP contribution is -2.27. The van der Waals surface area contributed by atoms with E-state index in [0.717, 1.165) is 10.7 Å². The topological polar surface area (TPSA) is 79.8 Å². The van der Waals surface area contributed by atoms with Crippen LogP contribution in [0.3, 0.4) is 0 Å². The van der Waals surface area contributed by atoms with E-state index in [1.807, 2.05) is 0 Å². The lowest BCUT2D eigenvalue weighted by Gasteiger charge is -2.20. The van der Waals surface area contributed by atoms with E-state index >= 15 is 0 Å². The lowest BCUT2D eigenvalue weighted by molar-refractivity contribution is -0.117. The van der Waals surface area contributed by atoms with Crippen LogP contribution in [0.1, 0.15) is 12.8 Å². The molecule has 1 fully saturated rings. The molecule has 1 aromatic heterocycles. The van der Waals surface area contributed by atoms with Gasteiger partial charge in [0.05, 0.1) is 12.0 Å². The molecular weight excluding hydrogens is 342 g/mol. The second kappa shape index (κ2) is 6.72. The smallest absolute Gasteiger partial charge is 0.265 e. The zero-order valence-corrected chi connectivity index (χ0v) is 14.9. The van der Waals surface area contributed by atoms with E-state index in [0.29, 0.717) is 24.5 Å². The molecule has 0 aliphatic carbocycles. The van der Waals surface area contributed by atoms with Crippen molar-refractivity contribution in [3.8, 4) is 5.88 Å². The molecule has 132 valence electrons. The Morgan fingerprint density at radius 1 is 1.16 bits per heavy atom. The molecule has 2 heterocycles. The fraction of sp³-hybridized carbons (Fsp3) is 0.294. The Morgan fingerprint density at radius 2 is 1.88 bits per heavy atom. The van der Waals surface area contributed by atoms with Crippen LogP contribution >= 0.6 is 0 Å². The number of carbonyl (C=O) groups excluding carboxylic acids is 1. The van der Waals surface area contributed by atoms with Crippen LogP contribution in [-0.2, 0) is 14.8 Å². The molecule has 0 radical (unpaired) electrons. The average molecular weight is 361 g/mol. The third kappa shape index (κ3) is 3.30. The first-order chi connectivity index (χ1) is 11.9. The number of benzene rings is 1.